The van der Waals surface area contributed by atoms with Gasteiger partial charge in [-0.2, -0.15) is 0 Å². The molecule has 0 spiro atoms. The standard InChI is InChI=1S/C27H31N3O5S/c1-18-26(36-17-30-18)20-5-6-21(15-29-27(32)24-14-23(33-2)16-28-24)25(13-20)35-11-9-19-3-7-22(8-4-19)34-12-10-31/h3-8,10,13,17,23-24,28H,9,11-12,14-16H2,1-2H3,(H,29,32)/t23-,24+/m1/s1. The fourth-order valence-electron chi connectivity index (χ4n) is 4.10. The summed E-state index contributed by atoms with van der Waals surface area (Å²) >= 11 is 1.59. The number of nitrogens with zero attached hydrogens (tertiary/aromatic N) is 1. The second-order valence-electron chi connectivity index (χ2n) is 8.58. The summed E-state index contributed by atoms with van der Waals surface area (Å²) in [5.41, 5.74) is 5.86. The summed E-state index contributed by atoms with van der Waals surface area (Å²) in [7, 11) is 1.67. The van der Waals surface area contributed by atoms with Crippen molar-refractivity contribution in [2.24, 2.45) is 0 Å². The number of aryl methyl sites for hydroxylation is 1. The van der Waals surface area contributed by atoms with Gasteiger partial charge >= 0.3 is 0 Å². The van der Waals surface area contributed by atoms with Crippen LogP contribution in [0.5, 0.6) is 11.5 Å². The second kappa shape index (κ2) is 12.6. The predicted octanol–water partition coefficient (Wildman–Crippen LogP) is 3.31. The molecule has 1 amide bonds. The quantitative estimate of drug-likeness (QED) is 0.362. The summed E-state index contributed by atoms with van der Waals surface area (Å²) in [4.78, 5) is 28.6. The average molecular weight is 510 g/mol. The number of ether oxygens (including phenoxy) is 3. The van der Waals surface area contributed by atoms with Gasteiger partial charge < -0.3 is 24.8 Å². The van der Waals surface area contributed by atoms with Crippen LogP contribution in [0, 0.1) is 6.92 Å². The highest BCUT2D eigenvalue weighted by Gasteiger charge is 2.29. The van der Waals surface area contributed by atoms with Crippen molar-refractivity contribution < 1.29 is 23.8 Å². The lowest BCUT2D eigenvalue weighted by atomic mass is 10.1. The number of benzene rings is 2. The zero-order chi connectivity index (χ0) is 25.3. The Morgan fingerprint density at radius 1 is 1.22 bits per heavy atom. The number of carbonyl (C=O) groups excluding carboxylic acids is 2. The molecule has 2 aromatic carbocycles. The Labute approximate surface area is 215 Å². The number of amides is 1. The Morgan fingerprint density at radius 3 is 2.75 bits per heavy atom. The number of carbonyl (C=O) groups is 2. The van der Waals surface area contributed by atoms with E-state index < -0.39 is 0 Å². The molecule has 0 unspecified atom stereocenters. The van der Waals surface area contributed by atoms with Gasteiger partial charge in [0.1, 0.15) is 18.1 Å². The second-order valence-corrected chi connectivity index (χ2v) is 9.44. The number of aldehydes is 1. The summed E-state index contributed by atoms with van der Waals surface area (Å²) in [6.07, 6.45) is 2.15. The Hall–Kier alpha value is -3.27. The van der Waals surface area contributed by atoms with E-state index in [0.717, 1.165) is 39.3 Å². The number of aromatic nitrogens is 1. The molecule has 36 heavy (non-hydrogen) atoms. The third-order valence-electron chi connectivity index (χ3n) is 6.16. The molecule has 0 bridgehead atoms. The highest BCUT2D eigenvalue weighted by Crippen LogP contribution is 2.32. The van der Waals surface area contributed by atoms with Crippen LogP contribution in [0.4, 0.5) is 0 Å². The first-order valence-electron chi connectivity index (χ1n) is 11.9. The van der Waals surface area contributed by atoms with Gasteiger partial charge in [0.2, 0.25) is 5.91 Å². The number of thiazole rings is 1. The van der Waals surface area contributed by atoms with Gasteiger partial charge in [-0.3, -0.25) is 9.59 Å². The molecule has 8 nitrogen and oxygen atoms in total. The molecule has 0 radical (unpaired) electrons. The maximum absolute atomic E-state index is 12.7. The summed E-state index contributed by atoms with van der Waals surface area (Å²) in [6.45, 7) is 3.55. The molecule has 1 aliphatic heterocycles. The van der Waals surface area contributed by atoms with Gasteiger partial charge in [-0.1, -0.05) is 24.3 Å². The third-order valence-corrected chi connectivity index (χ3v) is 7.14. The molecular formula is C27H31N3O5S. The minimum Gasteiger partial charge on any atom is -0.493 e. The monoisotopic (exact) mass is 509 g/mol. The molecule has 1 aliphatic rings. The van der Waals surface area contributed by atoms with Crippen LogP contribution < -0.4 is 20.1 Å². The van der Waals surface area contributed by atoms with Crippen LogP contribution >= 0.6 is 11.3 Å². The Bertz CT molecular complexity index is 1160. The first-order chi connectivity index (χ1) is 17.6. The molecule has 2 heterocycles. The van der Waals surface area contributed by atoms with E-state index in [-0.39, 0.29) is 24.7 Å². The topological polar surface area (TPSA) is 98.8 Å². The summed E-state index contributed by atoms with van der Waals surface area (Å²) < 4.78 is 16.9. The van der Waals surface area contributed by atoms with Crippen molar-refractivity contribution in [1.82, 2.24) is 15.6 Å². The van der Waals surface area contributed by atoms with Crippen LogP contribution in [0.2, 0.25) is 0 Å². The van der Waals surface area contributed by atoms with Crippen LogP contribution in [0.25, 0.3) is 10.4 Å². The molecule has 0 saturated carbocycles. The summed E-state index contributed by atoms with van der Waals surface area (Å²) in [5.74, 6) is 1.35. The largest absolute Gasteiger partial charge is 0.493 e. The summed E-state index contributed by atoms with van der Waals surface area (Å²) in [6, 6.07) is 13.4. The number of rotatable bonds is 12. The first-order valence-corrected chi connectivity index (χ1v) is 12.8. The highest BCUT2D eigenvalue weighted by molar-refractivity contribution is 7.13. The van der Waals surface area contributed by atoms with Crippen molar-refractivity contribution in [3.05, 3.63) is 64.8 Å². The first kappa shape index (κ1) is 25.8. The lowest BCUT2D eigenvalue weighted by Crippen LogP contribution is -2.40. The van der Waals surface area contributed by atoms with E-state index in [9.17, 15) is 9.59 Å². The average Bonchev–Trinajstić information content (AvgIpc) is 3.56. The van der Waals surface area contributed by atoms with Crippen molar-refractivity contribution in [3.8, 4) is 21.9 Å². The van der Waals surface area contributed by atoms with Crippen molar-refractivity contribution in [3.63, 3.8) is 0 Å². The number of nitrogens with one attached hydrogen (secondary N) is 2. The van der Waals surface area contributed by atoms with Gasteiger partial charge in [0.05, 0.1) is 34.8 Å². The molecule has 9 heteroatoms. The molecule has 1 aromatic heterocycles. The lowest BCUT2D eigenvalue weighted by molar-refractivity contribution is -0.123. The third kappa shape index (κ3) is 6.69. The van der Waals surface area contributed by atoms with Crippen LogP contribution in [0.15, 0.2) is 48.0 Å². The van der Waals surface area contributed by atoms with E-state index in [1.807, 2.05) is 54.9 Å². The van der Waals surface area contributed by atoms with Gasteiger partial charge in [-0.25, -0.2) is 4.98 Å². The lowest BCUT2D eigenvalue weighted by Gasteiger charge is -2.16. The van der Waals surface area contributed by atoms with Crippen molar-refractivity contribution >= 4 is 23.5 Å². The molecule has 190 valence electrons. The smallest absolute Gasteiger partial charge is 0.237 e. The van der Waals surface area contributed by atoms with E-state index in [1.165, 1.54) is 0 Å². The maximum Gasteiger partial charge on any atom is 0.237 e. The minimum atomic E-state index is -0.253. The molecule has 0 aliphatic carbocycles. The Kier molecular flexibility index (Phi) is 9.05. The molecule has 4 rings (SSSR count). The van der Waals surface area contributed by atoms with Gasteiger partial charge in [0, 0.05) is 32.2 Å². The van der Waals surface area contributed by atoms with Crippen LogP contribution in [0.3, 0.4) is 0 Å². The Balaban J connectivity index is 1.42. The molecule has 3 aromatic rings. The maximum atomic E-state index is 12.7. The number of methoxy groups -OCH3 is 1. The number of hydrogen-bond acceptors (Lipinski definition) is 8. The van der Waals surface area contributed by atoms with Gasteiger partial charge in [-0.15, -0.1) is 11.3 Å². The Morgan fingerprint density at radius 2 is 2.06 bits per heavy atom. The van der Waals surface area contributed by atoms with Gasteiger partial charge in [0.15, 0.2) is 6.29 Å². The predicted molar refractivity (Wildman–Crippen MR) is 139 cm³/mol. The van der Waals surface area contributed by atoms with E-state index in [4.69, 9.17) is 14.2 Å². The normalized spacial score (nSPS) is 17.1. The zero-order valence-electron chi connectivity index (χ0n) is 20.5. The van der Waals surface area contributed by atoms with Crippen LogP contribution in [-0.4, -0.2) is 56.2 Å². The van der Waals surface area contributed by atoms with Crippen LogP contribution in [0.1, 0.15) is 23.2 Å². The van der Waals surface area contributed by atoms with E-state index in [2.05, 4.69) is 15.6 Å². The molecule has 2 atom stereocenters. The van der Waals surface area contributed by atoms with Crippen molar-refractivity contribution in [1.29, 1.82) is 0 Å². The molecule has 2 N–H and O–H groups in total. The van der Waals surface area contributed by atoms with Crippen LogP contribution in [-0.2, 0) is 27.3 Å². The van der Waals surface area contributed by atoms with E-state index in [1.54, 1.807) is 18.4 Å². The van der Waals surface area contributed by atoms with E-state index >= 15 is 0 Å². The zero-order valence-corrected chi connectivity index (χ0v) is 21.3. The summed E-state index contributed by atoms with van der Waals surface area (Å²) in [5, 5.41) is 6.25. The van der Waals surface area contributed by atoms with Crippen molar-refractivity contribution in [2.45, 2.75) is 38.5 Å². The van der Waals surface area contributed by atoms with Crippen molar-refractivity contribution in [2.75, 3.05) is 26.9 Å². The molecule has 1 saturated heterocycles. The minimum absolute atomic E-state index is 0.0419. The molecular weight excluding hydrogens is 478 g/mol. The fraction of sp³-hybridized carbons (Fsp3) is 0.370. The highest BCUT2D eigenvalue weighted by atomic mass is 32.1. The van der Waals surface area contributed by atoms with Gasteiger partial charge in [-0.05, 0) is 42.7 Å². The molecule has 1 fully saturated rings. The number of hydrogen-bond donors (Lipinski definition) is 2. The van der Waals surface area contributed by atoms with E-state index in [0.29, 0.717) is 38.3 Å². The van der Waals surface area contributed by atoms with Gasteiger partial charge in [0.25, 0.3) is 0 Å². The fourth-order valence-corrected chi connectivity index (χ4v) is 4.91. The SMILES string of the molecule is CO[C@H]1CN[C@H](C(=O)NCc2ccc(-c3scnc3C)cc2OCCc2ccc(OCC=O)cc2)C1.